The number of halogens is 1. The van der Waals surface area contributed by atoms with E-state index in [9.17, 15) is 0 Å². The molecule has 0 bridgehead atoms. The van der Waals surface area contributed by atoms with Gasteiger partial charge in [0.25, 0.3) is 0 Å². The van der Waals surface area contributed by atoms with Gasteiger partial charge in [0.05, 0.1) is 11.4 Å². The normalized spacial score (nSPS) is 12.3. The first-order valence-electron chi connectivity index (χ1n) is 8.70. The van der Waals surface area contributed by atoms with E-state index in [0.29, 0.717) is 0 Å². The maximum absolute atomic E-state index is 6.26. The van der Waals surface area contributed by atoms with Gasteiger partial charge in [-0.05, 0) is 47.9 Å². The smallest absolute Gasteiger partial charge is 0.152 e. The van der Waals surface area contributed by atoms with E-state index in [-0.39, 0.29) is 0 Å². The third kappa shape index (κ3) is 3.16. The fourth-order valence-corrected chi connectivity index (χ4v) is 3.57. The van der Waals surface area contributed by atoms with Gasteiger partial charge in [-0.3, -0.25) is 0 Å². The molecule has 3 heteroatoms. The Bertz CT molecular complexity index is 892. The highest BCUT2D eigenvalue weighted by Gasteiger charge is 2.24. The molecule has 0 N–H and O–H groups in total. The van der Waals surface area contributed by atoms with Gasteiger partial charge in [0, 0.05) is 11.0 Å². The van der Waals surface area contributed by atoms with Gasteiger partial charge >= 0.3 is 0 Å². The molecular weight excluding hydrogens is 374 g/mol. The minimum absolute atomic E-state index is 0.906. The van der Waals surface area contributed by atoms with Crippen LogP contribution in [0, 0.1) is 0 Å². The van der Waals surface area contributed by atoms with Crippen LogP contribution in [0.5, 0.6) is 11.5 Å². The summed E-state index contributed by atoms with van der Waals surface area (Å²) < 4.78 is 7.29. The minimum Gasteiger partial charge on any atom is -0.453 e. The third-order valence-electron chi connectivity index (χ3n) is 4.53. The molecule has 3 aromatic rings. The largest absolute Gasteiger partial charge is 0.453 e. The van der Waals surface area contributed by atoms with E-state index in [4.69, 9.17) is 4.74 Å². The monoisotopic (exact) mass is 393 g/mol. The molecule has 1 aliphatic rings. The lowest BCUT2D eigenvalue weighted by atomic mass is 10.0. The fraction of sp³-hybridized carbons (Fsp3) is 0.182. The van der Waals surface area contributed by atoms with E-state index in [1.807, 2.05) is 12.1 Å². The summed E-state index contributed by atoms with van der Waals surface area (Å²) in [6.45, 7) is 3.22. The summed E-state index contributed by atoms with van der Waals surface area (Å²) in [7, 11) is 0. The summed E-state index contributed by atoms with van der Waals surface area (Å²) in [6.07, 6.45) is 2.32. The summed E-state index contributed by atoms with van der Waals surface area (Å²) in [4.78, 5) is 2.37. The number of benzene rings is 3. The average molecular weight is 394 g/mol. The lowest BCUT2D eigenvalue weighted by Crippen LogP contribution is -2.22. The molecule has 0 spiro atoms. The van der Waals surface area contributed by atoms with E-state index in [1.54, 1.807) is 0 Å². The molecule has 0 unspecified atom stereocenters. The summed E-state index contributed by atoms with van der Waals surface area (Å²) >= 11 is 3.56. The predicted molar refractivity (Wildman–Crippen MR) is 108 cm³/mol. The molecule has 0 radical (unpaired) electrons. The van der Waals surface area contributed by atoms with Gasteiger partial charge in [-0.1, -0.05) is 65.7 Å². The SMILES string of the molecule is CCCCN1c2ccc(Br)cc2Oc2cc(-c3ccccc3)ccc21. The molecule has 25 heavy (non-hydrogen) atoms. The van der Waals surface area contributed by atoms with E-state index in [0.717, 1.165) is 40.3 Å². The molecule has 0 aliphatic carbocycles. The molecule has 0 atom stereocenters. The lowest BCUT2D eigenvalue weighted by Gasteiger charge is -2.33. The standard InChI is InChI=1S/C22H20BrNO/c1-2-3-13-24-19-11-9-17(16-7-5-4-6-8-16)14-21(19)25-22-15-18(23)10-12-20(22)24/h4-12,14-15H,2-3,13H2,1H3. The topological polar surface area (TPSA) is 12.5 Å². The van der Waals surface area contributed by atoms with Crippen molar-refractivity contribution in [1.29, 1.82) is 0 Å². The highest BCUT2D eigenvalue weighted by atomic mass is 79.9. The van der Waals surface area contributed by atoms with Gasteiger partial charge in [-0.15, -0.1) is 0 Å². The molecule has 0 fully saturated rings. The molecule has 0 amide bonds. The number of ether oxygens (including phenoxy) is 1. The average Bonchev–Trinajstić information content (AvgIpc) is 2.65. The molecular formula is C22H20BrNO. The van der Waals surface area contributed by atoms with Crippen LogP contribution < -0.4 is 9.64 Å². The zero-order valence-corrected chi connectivity index (χ0v) is 15.8. The van der Waals surface area contributed by atoms with Crippen molar-refractivity contribution >= 4 is 27.3 Å². The van der Waals surface area contributed by atoms with Crippen LogP contribution in [0.1, 0.15) is 19.8 Å². The molecule has 0 aromatic heterocycles. The van der Waals surface area contributed by atoms with Crippen LogP contribution in [0.3, 0.4) is 0 Å². The molecule has 0 saturated heterocycles. The van der Waals surface area contributed by atoms with E-state index < -0.39 is 0 Å². The Morgan fingerprint density at radius 1 is 0.840 bits per heavy atom. The Morgan fingerprint density at radius 3 is 2.32 bits per heavy atom. The Hall–Kier alpha value is -2.26. The van der Waals surface area contributed by atoms with Crippen molar-refractivity contribution < 1.29 is 4.74 Å². The van der Waals surface area contributed by atoms with Crippen molar-refractivity contribution in [1.82, 2.24) is 0 Å². The van der Waals surface area contributed by atoms with Crippen molar-refractivity contribution in [2.75, 3.05) is 11.4 Å². The molecule has 1 aliphatic heterocycles. The Kier molecular flexibility index (Phi) is 4.50. The van der Waals surface area contributed by atoms with Crippen molar-refractivity contribution in [3.63, 3.8) is 0 Å². The maximum atomic E-state index is 6.26. The molecule has 126 valence electrons. The van der Waals surface area contributed by atoms with Gasteiger partial charge in [0.2, 0.25) is 0 Å². The van der Waals surface area contributed by atoms with E-state index >= 15 is 0 Å². The third-order valence-corrected chi connectivity index (χ3v) is 5.02. The van der Waals surface area contributed by atoms with Gasteiger partial charge in [-0.2, -0.15) is 0 Å². The van der Waals surface area contributed by atoms with Crippen LogP contribution in [0.25, 0.3) is 11.1 Å². The highest BCUT2D eigenvalue weighted by molar-refractivity contribution is 9.10. The van der Waals surface area contributed by atoms with E-state index in [2.05, 4.69) is 82.4 Å². The van der Waals surface area contributed by atoms with Crippen LogP contribution in [0.4, 0.5) is 11.4 Å². The number of hydrogen-bond acceptors (Lipinski definition) is 2. The number of hydrogen-bond donors (Lipinski definition) is 0. The number of unbranched alkanes of at least 4 members (excludes halogenated alkanes) is 1. The number of rotatable bonds is 4. The summed E-state index contributed by atoms with van der Waals surface area (Å²) in [5, 5.41) is 0. The zero-order valence-electron chi connectivity index (χ0n) is 14.2. The fourth-order valence-electron chi connectivity index (χ4n) is 3.23. The maximum Gasteiger partial charge on any atom is 0.152 e. The molecule has 2 nitrogen and oxygen atoms in total. The second-order valence-electron chi connectivity index (χ2n) is 6.27. The van der Waals surface area contributed by atoms with E-state index in [1.165, 1.54) is 17.5 Å². The van der Waals surface area contributed by atoms with Crippen LogP contribution in [-0.4, -0.2) is 6.54 Å². The Labute approximate surface area is 157 Å². The molecule has 0 saturated carbocycles. The van der Waals surface area contributed by atoms with Crippen molar-refractivity contribution in [2.24, 2.45) is 0 Å². The number of nitrogens with zero attached hydrogens (tertiary/aromatic N) is 1. The van der Waals surface area contributed by atoms with Crippen molar-refractivity contribution in [2.45, 2.75) is 19.8 Å². The zero-order chi connectivity index (χ0) is 17.2. The van der Waals surface area contributed by atoms with Crippen LogP contribution >= 0.6 is 15.9 Å². The van der Waals surface area contributed by atoms with Crippen LogP contribution in [0.15, 0.2) is 71.2 Å². The van der Waals surface area contributed by atoms with Crippen LogP contribution in [-0.2, 0) is 0 Å². The van der Waals surface area contributed by atoms with Gasteiger partial charge in [0.15, 0.2) is 11.5 Å². The van der Waals surface area contributed by atoms with Crippen molar-refractivity contribution in [3.8, 4) is 22.6 Å². The molecule has 1 heterocycles. The number of fused-ring (bicyclic) bond motifs is 2. The quantitative estimate of drug-likeness (QED) is 0.466. The summed E-state index contributed by atoms with van der Waals surface area (Å²) in [5.74, 6) is 1.83. The lowest BCUT2D eigenvalue weighted by molar-refractivity contribution is 0.472. The summed E-state index contributed by atoms with van der Waals surface area (Å²) in [5.41, 5.74) is 4.65. The second kappa shape index (κ2) is 6.93. The minimum atomic E-state index is 0.906. The Morgan fingerprint density at radius 2 is 1.56 bits per heavy atom. The first-order valence-corrected chi connectivity index (χ1v) is 9.50. The Balaban J connectivity index is 1.79. The second-order valence-corrected chi connectivity index (χ2v) is 7.18. The van der Waals surface area contributed by atoms with Crippen molar-refractivity contribution in [3.05, 3.63) is 71.2 Å². The highest BCUT2D eigenvalue weighted by Crippen LogP contribution is 2.48. The van der Waals surface area contributed by atoms with Crippen LogP contribution in [0.2, 0.25) is 0 Å². The first-order chi connectivity index (χ1) is 12.3. The van der Waals surface area contributed by atoms with Gasteiger partial charge in [0.1, 0.15) is 0 Å². The summed E-state index contributed by atoms with van der Waals surface area (Å²) in [6, 6.07) is 23.2. The molecule has 3 aromatic carbocycles. The first kappa shape index (κ1) is 16.2. The number of anilines is 2. The van der Waals surface area contributed by atoms with Gasteiger partial charge in [-0.25, -0.2) is 0 Å². The predicted octanol–water partition coefficient (Wildman–Crippen LogP) is 7.16. The van der Waals surface area contributed by atoms with Gasteiger partial charge < -0.3 is 9.64 Å². The molecule has 4 rings (SSSR count).